The van der Waals surface area contributed by atoms with Gasteiger partial charge in [-0.3, -0.25) is 4.79 Å². The number of rotatable bonds is 5. The minimum Gasteiger partial charge on any atom is -0.380 e. The summed E-state index contributed by atoms with van der Waals surface area (Å²) in [7, 11) is 1.74. The minimum atomic E-state index is -0.0906. The van der Waals surface area contributed by atoms with E-state index in [-0.39, 0.29) is 5.91 Å². The summed E-state index contributed by atoms with van der Waals surface area (Å²) in [6.07, 6.45) is 1.61. The molecule has 0 aliphatic heterocycles. The highest BCUT2D eigenvalue weighted by Crippen LogP contribution is 2.08. The number of nitrogens with zero attached hydrogens (tertiary/aromatic N) is 2. The first-order valence-electron chi connectivity index (χ1n) is 5.10. The Morgan fingerprint density at radius 2 is 2.31 bits per heavy atom. The van der Waals surface area contributed by atoms with Gasteiger partial charge in [-0.1, -0.05) is 0 Å². The van der Waals surface area contributed by atoms with Crippen molar-refractivity contribution in [2.24, 2.45) is 0 Å². The van der Waals surface area contributed by atoms with Crippen LogP contribution in [0.3, 0.4) is 0 Å². The molecule has 1 amide bonds. The zero-order valence-electron chi connectivity index (χ0n) is 9.44. The van der Waals surface area contributed by atoms with Crippen molar-refractivity contribution in [1.29, 1.82) is 0 Å². The van der Waals surface area contributed by atoms with Gasteiger partial charge in [0.1, 0.15) is 5.69 Å². The molecule has 0 N–H and O–H groups in total. The lowest BCUT2D eigenvalue weighted by atomic mass is 10.3. The van der Waals surface area contributed by atoms with Crippen LogP contribution < -0.4 is 0 Å². The van der Waals surface area contributed by atoms with Crippen LogP contribution in [0.2, 0.25) is 0 Å². The number of carbonyl (C=O) groups is 1. The molecule has 1 rings (SSSR count). The Balaban J connectivity index is 2.53. The van der Waals surface area contributed by atoms with Gasteiger partial charge in [-0.25, -0.2) is 4.98 Å². The second kappa shape index (κ2) is 6.60. The fourth-order valence-electron chi connectivity index (χ4n) is 1.15. The van der Waals surface area contributed by atoms with Crippen molar-refractivity contribution in [3.8, 4) is 0 Å². The molecule has 0 aliphatic rings. The third-order valence-corrected chi connectivity index (χ3v) is 2.54. The molecule has 0 saturated heterocycles. The summed E-state index contributed by atoms with van der Waals surface area (Å²) in [5, 5.41) is 0. The summed E-state index contributed by atoms with van der Waals surface area (Å²) < 4.78 is 6.05. The van der Waals surface area contributed by atoms with E-state index in [1.807, 2.05) is 6.92 Å². The van der Waals surface area contributed by atoms with Gasteiger partial charge in [-0.2, -0.15) is 0 Å². The largest absolute Gasteiger partial charge is 0.380 e. The van der Waals surface area contributed by atoms with Gasteiger partial charge in [-0.15, -0.1) is 0 Å². The Morgan fingerprint density at radius 3 is 2.88 bits per heavy atom. The molecule has 0 fully saturated rings. The summed E-state index contributed by atoms with van der Waals surface area (Å²) in [5.74, 6) is -0.0906. The van der Waals surface area contributed by atoms with E-state index >= 15 is 0 Å². The van der Waals surface area contributed by atoms with E-state index in [9.17, 15) is 4.79 Å². The number of carbonyl (C=O) groups excluding carboxylic acids is 1. The molecule has 1 heterocycles. The van der Waals surface area contributed by atoms with Crippen LogP contribution in [0, 0.1) is 0 Å². The first kappa shape index (κ1) is 13.1. The Labute approximate surface area is 104 Å². The normalized spacial score (nSPS) is 10.2. The zero-order chi connectivity index (χ0) is 12.0. The molecule has 0 radical (unpaired) electrons. The Bertz CT molecular complexity index is 340. The van der Waals surface area contributed by atoms with Crippen molar-refractivity contribution in [2.45, 2.75) is 6.92 Å². The third-order valence-electron chi connectivity index (χ3n) is 2.07. The number of aromatic nitrogens is 1. The van der Waals surface area contributed by atoms with Crippen LogP contribution in [0.25, 0.3) is 0 Å². The molecule has 16 heavy (non-hydrogen) atoms. The van der Waals surface area contributed by atoms with Crippen molar-refractivity contribution in [3.05, 3.63) is 28.5 Å². The Hall–Kier alpha value is -0.940. The van der Waals surface area contributed by atoms with Crippen LogP contribution in [0.15, 0.2) is 22.8 Å². The maximum Gasteiger partial charge on any atom is 0.272 e. The Morgan fingerprint density at radius 1 is 1.56 bits per heavy atom. The molecule has 5 heteroatoms. The van der Waals surface area contributed by atoms with Crippen LogP contribution in [-0.2, 0) is 4.74 Å². The smallest absolute Gasteiger partial charge is 0.272 e. The minimum absolute atomic E-state index is 0.0906. The van der Waals surface area contributed by atoms with Crippen molar-refractivity contribution in [1.82, 2.24) is 9.88 Å². The molecule has 0 bridgehead atoms. The maximum absolute atomic E-state index is 11.8. The molecule has 0 spiro atoms. The average Bonchev–Trinajstić information content (AvgIpc) is 2.29. The number of pyridine rings is 1. The average molecular weight is 287 g/mol. The zero-order valence-corrected chi connectivity index (χ0v) is 11.0. The molecule has 0 atom stereocenters. The monoisotopic (exact) mass is 286 g/mol. The van der Waals surface area contributed by atoms with Crippen molar-refractivity contribution in [3.63, 3.8) is 0 Å². The van der Waals surface area contributed by atoms with Gasteiger partial charge >= 0.3 is 0 Å². The first-order chi connectivity index (χ1) is 7.65. The molecule has 0 unspecified atom stereocenters. The van der Waals surface area contributed by atoms with Gasteiger partial charge in [0, 0.05) is 30.9 Å². The molecular formula is C11H15BrN2O2. The molecule has 88 valence electrons. The number of halogens is 1. The quantitative estimate of drug-likeness (QED) is 0.777. The second-order valence-corrected chi connectivity index (χ2v) is 4.20. The van der Waals surface area contributed by atoms with E-state index in [4.69, 9.17) is 4.74 Å². The summed E-state index contributed by atoms with van der Waals surface area (Å²) in [5.41, 5.74) is 0.446. The summed E-state index contributed by atoms with van der Waals surface area (Å²) in [6, 6.07) is 3.50. The summed E-state index contributed by atoms with van der Waals surface area (Å²) in [6.45, 7) is 3.72. The van der Waals surface area contributed by atoms with E-state index in [1.165, 1.54) is 0 Å². The fraction of sp³-hybridized carbons (Fsp3) is 0.455. The van der Waals surface area contributed by atoms with E-state index in [0.717, 1.165) is 4.47 Å². The number of amides is 1. The van der Waals surface area contributed by atoms with Gasteiger partial charge in [0.25, 0.3) is 5.91 Å². The summed E-state index contributed by atoms with van der Waals surface area (Å²) in [4.78, 5) is 17.5. The molecule has 0 aliphatic carbocycles. The van der Waals surface area contributed by atoms with Crippen LogP contribution in [0.4, 0.5) is 0 Å². The molecule has 0 aromatic carbocycles. The molecular weight excluding hydrogens is 272 g/mol. The number of ether oxygens (including phenoxy) is 1. The highest BCUT2D eigenvalue weighted by molar-refractivity contribution is 9.10. The third kappa shape index (κ3) is 3.90. The van der Waals surface area contributed by atoms with Crippen molar-refractivity contribution < 1.29 is 9.53 Å². The summed E-state index contributed by atoms with van der Waals surface area (Å²) >= 11 is 3.28. The lowest BCUT2D eigenvalue weighted by molar-refractivity contribution is 0.0704. The number of hydrogen-bond donors (Lipinski definition) is 0. The van der Waals surface area contributed by atoms with Crippen LogP contribution in [0.5, 0.6) is 0 Å². The van der Waals surface area contributed by atoms with Crippen LogP contribution in [-0.4, -0.2) is 42.6 Å². The van der Waals surface area contributed by atoms with E-state index < -0.39 is 0 Å². The van der Waals surface area contributed by atoms with Crippen molar-refractivity contribution >= 4 is 21.8 Å². The topological polar surface area (TPSA) is 42.4 Å². The Kier molecular flexibility index (Phi) is 5.42. The lowest BCUT2D eigenvalue weighted by Crippen LogP contribution is -2.30. The van der Waals surface area contributed by atoms with Crippen LogP contribution in [0.1, 0.15) is 17.4 Å². The molecule has 4 nitrogen and oxygen atoms in total. The first-order valence-corrected chi connectivity index (χ1v) is 5.89. The highest BCUT2D eigenvalue weighted by atomic mass is 79.9. The standard InChI is InChI=1S/C11H15BrN2O2/c1-3-16-7-6-14(2)11(15)10-5-4-9(12)8-13-10/h4-5,8H,3,6-7H2,1-2H3. The number of likely N-dealkylation sites (N-methyl/N-ethyl adjacent to an activating group) is 1. The van der Waals surface area contributed by atoms with Crippen LogP contribution >= 0.6 is 15.9 Å². The van der Waals surface area contributed by atoms with Gasteiger partial charge in [-0.05, 0) is 35.0 Å². The van der Waals surface area contributed by atoms with Crippen molar-refractivity contribution in [2.75, 3.05) is 26.8 Å². The fourth-order valence-corrected chi connectivity index (χ4v) is 1.38. The van der Waals surface area contributed by atoms with E-state index in [2.05, 4.69) is 20.9 Å². The molecule has 1 aromatic rings. The SMILES string of the molecule is CCOCCN(C)C(=O)c1ccc(Br)cn1. The highest BCUT2D eigenvalue weighted by Gasteiger charge is 2.12. The molecule has 1 aromatic heterocycles. The predicted octanol–water partition coefficient (Wildman–Crippen LogP) is 1.95. The van der Waals surface area contributed by atoms with Gasteiger partial charge in [0.15, 0.2) is 0 Å². The van der Waals surface area contributed by atoms with E-state index in [0.29, 0.717) is 25.5 Å². The predicted molar refractivity (Wildman–Crippen MR) is 65.4 cm³/mol. The van der Waals surface area contributed by atoms with Gasteiger partial charge < -0.3 is 9.64 Å². The van der Waals surface area contributed by atoms with Gasteiger partial charge in [0.2, 0.25) is 0 Å². The second-order valence-electron chi connectivity index (χ2n) is 3.29. The number of hydrogen-bond acceptors (Lipinski definition) is 3. The van der Waals surface area contributed by atoms with Gasteiger partial charge in [0.05, 0.1) is 6.61 Å². The maximum atomic E-state index is 11.8. The lowest BCUT2D eigenvalue weighted by Gasteiger charge is -2.16. The molecule has 0 saturated carbocycles. The van der Waals surface area contributed by atoms with E-state index in [1.54, 1.807) is 30.3 Å².